The molecule has 7 nitrogen and oxygen atoms in total. The first-order chi connectivity index (χ1) is 12.5. The Labute approximate surface area is 154 Å². The molecule has 8 heteroatoms. The van der Waals surface area contributed by atoms with Crippen LogP contribution in [0.1, 0.15) is 30.4 Å². The Hall–Kier alpha value is -1.24. The molecule has 1 heterocycles. The summed E-state index contributed by atoms with van der Waals surface area (Å²) >= 11 is 0. The minimum atomic E-state index is -3.35. The van der Waals surface area contributed by atoms with Gasteiger partial charge in [0.2, 0.25) is 0 Å². The summed E-state index contributed by atoms with van der Waals surface area (Å²) in [5.41, 5.74) is 1.63. The first-order valence-corrected chi connectivity index (χ1v) is 10.3. The summed E-state index contributed by atoms with van der Waals surface area (Å²) in [5.74, 6) is 0.471. The number of Topliss-reactive ketones (excluding diaryl/α,β-unsaturated/α-hetero) is 1. The van der Waals surface area contributed by atoms with Gasteiger partial charge in [0, 0.05) is 39.7 Å². The highest BCUT2D eigenvalue weighted by atomic mass is 31.2. The molecule has 0 aromatic heterocycles. The average Bonchev–Trinajstić information content (AvgIpc) is 2.64. The van der Waals surface area contributed by atoms with Gasteiger partial charge in [0.25, 0.3) is 0 Å². The lowest BCUT2D eigenvalue weighted by Gasteiger charge is -2.24. The summed E-state index contributed by atoms with van der Waals surface area (Å²) in [7, 11) is 0.798. The van der Waals surface area contributed by atoms with Crippen LogP contribution in [0.25, 0.3) is 0 Å². The van der Waals surface area contributed by atoms with Crippen molar-refractivity contribution in [3.8, 4) is 5.75 Å². The van der Waals surface area contributed by atoms with Gasteiger partial charge in [-0.2, -0.15) is 0 Å². The quantitative estimate of drug-likeness (QED) is 0.571. The molecule has 0 spiro atoms. The highest BCUT2D eigenvalue weighted by Crippen LogP contribution is 2.46. The molecule has 2 rings (SSSR count). The van der Waals surface area contributed by atoms with Gasteiger partial charge >= 0.3 is 7.60 Å². The van der Waals surface area contributed by atoms with Crippen LogP contribution in [0.3, 0.4) is 0 Å². The lowest BCUT2D eigenvalue weighted by Crippen LogP contribution is -2.25. The third kappa shape index (κ3) is 6.18. The van der Waals surface area contributed by atoms with E-state index in [0.29, 0.717) is 19.0 Å². The molecule has 0 N–H and O–H groups in total. The summed E-state index contributed by atoms with van der Waals surface area (Å²) in [5, 5.41) is 0. The van der Waals surface area contributed by atoms with E-state index in [4.69, 9.17) is 23.3 Å². The Morgan fingerprint density at radius 1 is 1.23 bits per heavy atom. The van der Waals surface area contributed by atoms with Crippen molar-refractivity contribution in [2.45, 2.75) is 38.6 Å². The van der Waals surface area contributed by atoms with Crippen LogP contribution in [0, 0.1) is 0 Å². The van der Waals surface area contributed by atoms with Gasteiger partial charge in [-0.3, -0.25) is 9.36 Å². The van der Waals surface area contributed by atoms with Gasteiger partial charge in [-0.15, -0.1) is 0 Å². The molecule has 1 aliphatic rings. The minimum Gasteiger partial charge on any atom is -0.465 e. The van der Waals surface area contributed by atoms with Crippen molar-refractivity contribution in [3.05, 3.63) is 29.3 Å². The fourth-order valence-electron chi connectivity index (χ4n) is 2.77. The van der Waals surface area contributed by atoms with Crippen molar-refractivity contribution in [3.63, 3.8) is 0 Å². The number of ketones is 1. The molecule has 0 saturated carbocycles. The largest absolute Gasteiger partial charge is 0.465 e. The summed E-state index contributed by atoms with van der Waals surface area (Å²) in [6.07, 6.45) is 2.62. The summed E-state index contributed by atoms with van der Waals surface area (Å²) < 4.78 is 38.5. The fourth-order valence-corrected chi connectivity index (χ4v) is 3.73. The fraction of sp³-hybridized carbons (Fsp3) is 0.611. The van der Waals surface area contributed by atoms with Crippen LogP contribution in [0.15, 0.2) is 18.2 Å². The molecule has 1 fully saturated rings. The van der Waals surface area contributed by atoms with Gasteiger partial charge in [0.15, 0.2) is 6.29 Å². The minimum absolute atomic E-state index is 0.133. The predicted octanol–water partition coefficient (Wildman–Crippen LogP) is 3.34. The summed E-state index contributed by atoms with van der Waals surface area (Å²) in [4.78, 5) is 12.2. The highest BCUT2D eigenvalue weighted by molar-refractivity contribution is 7.54. The maximum Gasteiger partial charge on any atom is 0.337 e. The number of carbonyl (C=O) groups excluding carboxylic acids is 1. The SMILES string of the molecule is COCc1cc(CC(=O)CP(=O)(OC)OC)ccc1OC1CCCCO1. The molecule has 1 aliphatic heterocycles. The van der Waals surface area contributed by atoms with Gasteiger partial charge in [0.1, 0.15) is 17.7 Å². The van der Waals surface area contributed by atoms with Crippen LogP contribution in [-0.4, -0.2) is 46.2 Å². The molecule has 1 aromatic carbocycles. The highest BCUT2D eigenvalue weighted by Gasteiger charge is 2.25. The Kier molecular flexibility index (Phi) is 8.25. The summed E-state index contributed by atoms with van der Waals surface area (Å²) in [6.45, 7) is 1.06. The molecule has 0 aliphatic carbocycles. The lowest BCUT2D eigenvalue weighted by molar-refractivity contribution is -0.116. The van der Waals surface area contributed by atoms with E-state index in [0.717, 1.165) is 30.4 Å². The van der Waals surface area contributed by atoms with Crippen LogP contribution in [0.5, 0.6) is 5.75 Å². The Bertz CT molecular complexity index is 632. The molecule has 1 atom stereocenters. The molecule has 0 amide bonds. The molecular weight excluding hydrogens is 359 g/mol. The van der Waals surface area contributed by atoms with Crippen molar-refractivity contribution in [1.82, 2.24) is 0 Å². The molecule has 1 aromatic rings. The molecule has 146 valence electrons. The van der Waals surface area contributed by atoms with Gasteiger partial charge in [0.05, 0.1) is 13.2 Å². The second-order valence-corrected chi connectivity index (χ2v) is 8.41. The van der Waals surface area contributed by atoms with Gasteiger partial charge in [-0.05, 0) is 30.5 Å². The third-order valence-corrected chi connectivity index (χ3v) is 6.00. The van der Waals surface area contributed by atoms with E-state index in [1.165, 1.54) is 14.2 Å². The first-order valence-electron chi connectivity index (χ1n) is 8.61. The molecule has 26 heavy (non-hydrogen) atoms. The second kappa shape index (κ2) is 10.2. The number of rotatable bonds is 10. The Morgan fingerprint density at radius 2 is 2.00 bits per heavy atom. The van der Waals surface area contributed by atoms with E-state index >= 15 is 0 Å². The van der Waals surface area contributed by atoms with Crippen LogP contribution in [-0.2, 0) is 40.9 Å². The zero-order chi connectivity index (χ0) is 19.0. The van der Waals surface area contributed by atoms with Crippen LogP contribution in [0.2, 0.25) is 0 Å². The number of hydrogen-bond acceptors (Lipinski definition) is 7. The lowest BCUT2D eigenvalue weighted by atomic mass is 10.1. The number of methoxy groups -OCH3 is 1. The smallest absolute Gasteiger partial charge is 0.337 e. The number of carbonyl (C=O) groups is 1. The number of ether oxygens (including phenoxy) is 3. The van der Waals surface area contributed by atoms with E-state index in [2.05, 4.69) is 0 Å². The van der Waals surface area contributed by atoms with E-state index in [1.54, 1.807) is 7.11 Å². The first kappa shape index (κ1) is 21.1. The van der Waals surface area contributed by atoms with E-state index in [9.17, 15) is 9.36 Å². The van der Waals surface area contributed by atoms with Crippen molar-refractivity contribution in [2.75, 3.05) is 34.1 Å². The molecule has 0 radical (unpaired) electrons. The number of hydrogen-bond donors (Lipinski definition) is 0. The monoisotopic (exact) mass is 386 g/mol. The zero-order valence-corrected chi connectivity index (χ0v) is 16.5. The van der Waals surface area contributed by atoms with Crippen molar-refractivity contribution in [2.24, 2.45) is 0 Å². The molecule has 1 saturated heterocycles. The van der Waals surface area contributed by atoms with E-state index in [-0.39, 0.29) is 24.7 Å². The zero-order valence-electron chi connectivity index (χ0n) is 15.6. The third-order valence-electron chi connectivity index (χ3n) is 4.15. The van der Waals surface area contributed by atoms with Crippen molar-refractivity contribution < 1.29 is 32.6 Å². The second-order valence-electron chi connectivity index (χ2n) is 6.14. The topological polar surface area (TPSA) is 80.3 Å². The Morgan fingerprint density at radius 3 is 2.62 bits per heavy atom. The Balaban J connectivity index is 2.06. The standard InChI is InChI=1S/C18H27O7P/c1-21-12-15-10-14(11-16(19)13-26(20,22-2)23-3)7-8-17(15)25-18-6-4-5-9-24-18/h7-8,10,18H,4-6,9,11-13H2,1-3H3. The maximum atomic E-state index is 12.2. The van der Waals surface area contributed by atoms with Gasteiger partial charge in [-0.25, -0.2) is 0 Å². The van der Waals surface area contributed by atoms with E-state index < -0.39 is 7.60 Å². The van der Waals surface area contributed by atoms with Gasteiger partial charge < -0.3 is 23.3 Å². The molecular formula is C18H27O7P. The predicted molar refractivity (Wildman–Crippen MR) is 96.6 cm³/mol. The average molecular weight is 386 g/mol. The van der Waals surface area contributed by atoms with Crippen molar-refractivity contribution >= 4 is 13.4 Å². The van der Waals surface area contributed by atoms with Gasteiger partial charge in [-0.1, -0.05) is 6.07 Å². The van der Waals surface area contributed by atoms with Crippen LogP contribution >= 0.6 is 7.60 Å². The molecule has 0 bridgehead atoms. The van der Waals surface area contributed by atoms with Crippen molar-refractivity contribution in [1.29, 1.82) is 0 Å². The van der Waals surface area contributed by atoms with E-state index in [1.807, 2.05) is 18.2 Å². The maximum absolute atomic E-state index is 12.2. The summed E-state index contributed by atoms with van der Waals surface area (Å²) in [6, 6.07) is 5.50. The van der Waals surface area contributed by atoms with Crippen LogP contribution in [0.4, 0.5) is 0 Å². The normalized spacial score (nSPS) is 17.9. The number of benzene rings is 1. The van der Waals surface area contributed by atoms with Crippen LogP contribution < -0.4 is 4.74 Å². The molecule has 1 unspecified atom stereocenters.